The second-order valence-corrected chi connectivity index (χ2v) is 3.23. The van der Waals surface area contributed by atoms with Gasteiger partial charge in [0.05, 0.1) is 5.70 Å². The van der Waals surface area contributed by atoms with E-state index in [1.165, 1.54) is 0 Å². The molecule has 0 radical (unpaired) electrons. The highest BCUT2D eigenvalue weighted by Crippen LogP contribution is 2.17. The molecule has 3 nitrogen and oxygen atoms in total. The van der Waals surface area contributed by atoms with Crippen LogP contribution in [0, 0.1) is 0 Å². The first kappa shape index (κ1) is 10.1. The number of nitrogens with zero attached hydrogens (tertiary/aromatic N) is 2. The Bertz CT molecular complexity index is 515. The third-order valence-electron chi connectivity index (χ3n) is 2.17. The monoisotopic (exact) mass is 209 g/mol. The molecule has 3 heteroatoms. The van der Waals surface area contributed by atoms with Gasteiger partial charge in [-0.25, -0.2) is 0 Å². The predicted molar refractivity (Wildman–Crippen MR) is 64.2 cm³/mol. The molecule has 0 unspecified atom stereocenters. The minimum Gasteiger partial charge on any atom is -0.305 e. The van der Waals surface area contributed by atoms with E-state index >= 15 is 0 Å². The highest BCUT2D eigenvalue weighted by molar-refractivity contribution is 5.74. The molecule has 16 heavy (non-hydrogen) atoms. The van der Waals surface area contributed by atoms with Crippen LogP contribution in [0.2, 0.25) is 0 Å². The zero-order chi connectivity index (χ0) is 11.2. The van der Waals surface area contributed by atoms with Crippen molar-refractivity contribution in [2.75, 3.05) is 0 Å². The van der Waals surface area contributed by atoms with Gasteiger partial charge in [-0.1, -0.05) is 35.6 Å². The van der Waals surface area contributed by atoms with Gasteiger partial charge in [-0.2, -0.15) is 0 Å². The molecule has 1 aliphatic rings. The minimum absolute atomic E-state index is 0.709. The molecule has 0 amide bonds. The maximum atomic E-state index is 5.00. The van der Waals surface area contributed by atoms with E-state index < -0.39 is 0 Å². The van der Waals surface area contributed by atoms with Gasteiger partial charge in [0.25, 0.3) is 0 Å². The van der Waals surface area contributed by atoms with Crippen molar-refractivity contribution in [2.45, 2.75) is 0 Å². The molecule has 0 aliphatic heterocycles. The molecule has 2 N–H and O–H groups in total. The Balaban J connectivity index is 2.30. The summed E-state index contributed by atoms with van der Waals surface area (Å²) in [6.07, 6.45) is 7.42. The molecule has 0 saturated carbocycles. The van der Waals surface area contributed by atoms with Gasteiger partial charge in [0.2, 0.25) is 0 Å². The molecular weight excluding hydrogens is 198 g/mol. The van der Waals surface area contributed by atoms with Gasteiger partial charge >= 0.3 is 0 Å². The minimum atomic E-state index is 0.709. The molecule has 2 rings (SSSR count). The first-order valence-corrected chi connectivity index (χ1v) is 4.91. The molecule has 0 aromatic heterocycles. The first-order valence-electron chi connectivity index (χ1n) is 4.91. The molecule has 0 heterocycles. The maximum Gasteiger partial charge on any atom is 0.0880 e. The normalized spacial score (nSPS) is 14.8. The Morgan fingerprint density at radius 3 is 2.62 bits per heavy atom. The van der Waals surface area contributed by atoms with Crippen molar-refractivity contribution in [2.24, 2.45) is 16.2 Å². The molecule has 0 saturated heterocycles. The number of nitrogens with two attached hydrogens (primary N) is 1. The summed E-state index contributed by atoms with van der Waals surface area (Å²) in [7, 11) is 0. The van der Waals surface area contributed by atoms with Crippen LogP contribution >= 0.6 is 0 Å². The molecule has 1 aromatic rings. The van der Waals surface area contributed by atoms with E-state index in [2.05, 4.69) is 16.1 Å². The third kappa shape index (κ3) is 2.35. The van der Waals surface area contributed by atoms with Crippen LogP contribution in [-0.4, -0.2) is 0 Å². The largest absolute Gasteiger partial charge is 0.305 e. The Labute approximate surface area is 94.0 Å². The van der Waals surface area contributed by atoms with Gasteiger partial charge in [-0.3, -0.25) is 0 Å². The lowest BCUT2D eigenvalue weighted by atomic mass is 10.1. The Morgan fingerprint density at radius 2 is 1.88 bits per heavy atom. The standard InChI is InChI=1S/C13H11N3/c14-16-15-13-8-4-7-12(9-10-13)11-5-2-1-3-6-11/h1-6,8-10H,(H2,14,15). The van der Waals surface area contributed by atoms with Crippen LogP contribution in [0.5, 0.6) is 0 Å². The molecule has 0 fully saturated rings. The first-order chi connectivity index (χ1) is 7.90. The highest BCUT2D eigenvalue weighted by Gasteiger charge is 1.98. The van der Waals surface area contributed by atoms with Gasteiger partial charge < -0.3 is 5.84 Å². The molecule has 78 valence electrons. The lowest BCUT2D eigenvalue weighted by molar-refractivity contribution is 1.03. The van der Waals surface area contributed by atoms with Crippen molar-refractivity contribution >= 4 is 5.57 Å². The van der Waals surface area contributed by atoms with Crippen molar-refractivity contribution in [1.82, 2.24) is 0 Å². The predicted octanol–water partition coefficient (Wildman–Crippen LogP) is 3.00. The number of allylic oxidation sites excluding steroid dienone is 4. The van der Waals surface area contributed by atoms with E-state index in [1.54, 1.807) is 0 Å². The summed E-state index contributed by atoms with van der Waals surface area (Å²) in [6, 6.07) is 10.1. The summed E-state index contributed by atoms with van der Waals surface area (Å²) in [5.74, 6) is 5.00. The smallest absolute Gasteiger partial charge is 0.0880 e. The van der Waals surface area contributed by atoms with Crippen LogP contribution in [0.15, 0.2) is 76.4 Å². The summed E-state index contributed by atoms with van der Waals surface area (Å²) in [5, 5.41) is 7.01. The average molecular weight is 209 g/mol. The molecule has 1 aromatic carbocycles. The zero-order valence-corrected chi connectivity index (χ0v) is 8.67. The maximum absolute atomic E-state index is 5.00. The van der Waals surface area contributed by atoms with Crippen LogP contribution in [0.25, 0.3) is 5.57 Å². The molecule has 0 atom stereocenters. The van der Waals surface area contributed by atoms with Crippen LogP contribution < -0.4 is 5.84 Å². The van der Waals surface area contributed by atoms with Crippen molar-refractivity contribution < 1.29 is 0 Å². The number of hydrogen-bond acceptors (Lipinski definition) is 2. The molecule has 0 bridgehead atoms. The highest BCUT2D eigenvalue weighted by atomic mass is 15.3. The van der Waals surface area contributed by atoms with Crippen molar-refractivity contribution in [1.29, 1.82) is 0 Å². The SMILES string of the molecule is NN=NC1=CC=C=C(c2ccccc2)C=C1. The van der Waals surface area contributed by atoms with Crippen LogP contribution in [0.4, 0.5) is 0 Å². The molecular formula is C13H11N3. The molecule has 0 spiro atoms. The van der Waals surface area contributed by atoms with E-state index in [1.807, 2.05) is 54.6 Å². The average Bonchev–Trinajstić information content (AvgIpc) is 2.57. The van der Waals surface area contributed by atoms with Gasteiger partial charge in [-0.05, 0) is 29.9 Å². The van der Waals surface area contributed by atoms with Crippen LogP contribution in [0.1, 0.15) is 5.56 Å². The number of rotatable bonds is 2. The Morgan fingerprint density at radius 1 is 1.06 bits per heavy atom. The quantitative estimate of drug-likeness (QED) is 0.346. The fourth-order valence-corrected chi connectivity index (χ4v) is 1.42. The Kier molecular flexibility index (Phi) is 3.12. The summed E-state index contributed by atoms with van der Waals surface area (Å²) in [5.41, 5.74) is 6.01. The summed E-state index contributed by atoms with van der Waals surface area (Å²) in [4.78, 5) is 0. The van der Waals surface area contributed by atoms with Gasteiger partial charge in [0.1, 0.15) is 0 Å². The number of benzene rings is 1. The van der Waals surface area contributed by atoms with Gasteiger partial charge in [0, 0.05) is 5.57 Å². The fraction of sp³-hybridized carbons (Fsp3) is 0. The lowest BCUT2D eigenvalue weighted by Crippen LogP contribution is -1.78. The summed E-state index contributed by atoms with van der Waals surface area (Å²) in [6.45, 7) is 0. The van der Waals surface area contributed by atoms with Crippen molar-refractivity contribution in [3.63, 3.8) is 0 Å². The van der Waals surface area contributed by atoms with E-state index in [-0.39, 0.29) is 0 Å². The van der Waals surface area contributed by atoms with E-state index in [0.717, 1.165) is 11.1 Å². The third-order valence-corrected chi connectivity index (χ3v) is 2.17. The zero-order valence-electron chi connectivity index (χ0n) is 8.67. The van der Waals surface area contributed by atoms with Gasteiger partial charge in [0.15, 0.2) is 0 Å². The number of hydrogen-bond donors (Lipinski definition) is 1. The Hall–Kier alpha value is -2.38. The fourth-order valence-electron chi connectivity index (χ4n) is 1.42. The van der Waals surface area contributed by atoms with E-state index in [0.29, 0.717) is 5.70 Å². The summed E-state index contributed by atoms with van der Waals surface area (Å²) >= 11 is 0. The van der Waals surface area contributed by atoms with Crippen LogP contribution in [0.3, 0.4) is 0 Å². The lowest BCUT2D eigenvalue weighted by Gasteiger charge is -1.97. The van der Waals surface area contributed by atoms with Crippen LogP contribution in [-0.2, 0) is 0 Å². The second-order valence-electron chi connectivity index (χ2n) is 3.23. The second kappa shape index (κ2) is 4.91. The van der Waals surface area contributed by atoms with E-state index in [4.69, 9.17) is 5.84 Å². The van der Waals surface area contributed by atoms with Crippen molar-refractivity contribution in [3.8, 4) is 0 Å². The van der Waals surface area contributed by atoms with Gasteiger partial charge in [-0.15, -0.1) is 10.8 Å². The topological polar surface area (TPSA) is 50.7 Å². The van der Waals surface area contributed by atoms with E-state index in [9.17, 15) is 0 Å². The van der Waals surface area contributed by atoms with Crippen molar-refractivity contribution in [3.05, 3.63) is 71.6 Å². The summed E-state index contributed by atoms with van der Waals surface area (Å²) < 4.78 is 0. The molecule has 1 aliphatic carbocycles.